The molecule has 0 aliphatic rings. The van der Waals surface area contributed by atoms with Gasteiger partial charge in [-0.2, -0.15) is 0 Å². The number of aliphatic hydroxyl groups is 1. The zero-order valence-corrected chi connectivity index (χ0v) is 11.2. The lowest BCUT2D eigenvalue weighted by atomic mass is 10.1. The van der Waals surface area contributed by atoms with Crippen LogP contribution in [-0.2, 0) is 6.54 Å². The van der Waals surface area contributed by atoms with Gasteiger partial charge in [0.1, 0.15) is 0 Å². The third kappa shape index (κ3) is 4.60. The van der Waals surface area contributed by atoms with Crippen LogP contribution in [0, 0.1) is 5.92 Å². The number of aliphatic hydroxyl groups excluding tert-OH is 1. The zero-order valence-electron chi connectivity index (χ0n) is 10.4. The number of nitrogens with zero attached hydrogens (tertiary/aromatic N) is 1. The topological polar surface area (TPSA) is 45.1 Å². The molecule has 2 N–H and O–H groups in total. The molecule has 0 amide bonds. The van der Waals surface area contributed by atoms with E-state index < -0.39 is 0 Å². The van der Waals surface area contributed by atoms with Crippen molar-refractivity contribution in [2.24, 2.45) is 5.92 Å². The van der Waals surface area contributed by atoms with Crippen LogP contribution in [0.25, 0.3) is 0 Å². The Morgan fingerprint density at radius 1 is 1.44 bits per heavy atom. The van der Waals surface area contributed by atoms with Crippen molar-refractivity contribution in [1.29, 1.82) is 0 Å². The lowest BCUT2D eigenvalue weighted by molar-refractivity contribution is 0.260. The summed E-state index contributed by atoms with van der Waals surface area (Å²) in [6.45, 7) is 8.52. The highest BCUT2D eigenvalue weighted by Gasteiger charge is 2.06. The summed E-state index contributed by atoms with van der Waals surface area (Å²) in [6, 6.07) is 0. The predicted octanol–water partition coefficient (Wildman–Crippen LogP) is 2.37. The standard InChI is InChI=1S/C12H22N2OS/c1-9(2)12-14-11(8-16-12)7-13-6-10(3)4-5-15/h8-10,13,15H,4-7H2,1-3H3. The van der Waals surface area contributed by atoms with Crippen LogP contribution in [0.3, 0.4) is 0 Å². The van der Waals surface area contributed by atoms with Crippen molar-refractivity contribution >= 4 is 11.3 Å². The highest BCUT2D eigenvalue weighted by molar-refractivity contribution is 7.09. The van der Waals surface area contributed by atoms with Crippen LogP contribution in [0.15, 0.2) is 5.38 Å². The van der Waals surface area contributed by atoms with Gasteiger partial charge in [0.15, 0.2) is 0 Å². The summed E-state index contributed by atoms with van der Waals surface area (Å²) in [5, 5.41) is 15.5. The summed E-state index contributed by atoms with van der Waals surface area (Å²) in [5.41, 5.74) is 1.13. The van der Waals surface area contributed by atoms with E-state index in [-0.39, 0.29) is 6.61 Å². The van der Waals surface area contributed by atoms with E-state index >= 15 is 0 Å². The molecule has 16 heavy (non-hydrogen) atoms. The van der Waals surface area contributed by atoms with Gasteiger partial charge in [-0.1, -0.05) is 20.8 Å². The second kappa shape index (κ2) is 6.99. The molecule has 0 aliphatic carbocycles. The van der Waals surface area contributed by atoms with Gasteiger partial charge in [0.25, 0.3) is 0 Å². The smallest absolute Gasteiger partial charge is 0.0954 e. The van der Waals surface area contributed by atoms with Crippen molar-refractivity contribution in [3.8, 4) is 0 Å². The largest absolute Gasteiger partial charge is 0.396 e. The average molecular weight is 242 g/mol. The average Bonchev–Trinajstić information content (AvgIpc) is 2.67. The van der Waals surface area contributed by atoms with Gasteiger partial charge in [0.05, 0.1) is 10.7 Å². The summed E-state index contributed by atoms with van der Waals surface area (Å²) in [6.07, 6.45) is 0.862. The third-order valence-electron chi connectivity index (χ3n) is 2.48. The SMILES string of the molecule is CC(CCO)CNCc1csc(C(C)C)n1. The number of aromatic nitrogens is 1. The van der Waals surface area contributed by atoms with Gasteiger partial charge >= 0.3 is 0 Å². The number of rotatable bonds is 7. The van der Waals surface area contributed by atoms with E-state index in [2.05, 4.69) is 36.5 Å². The van der Waals surface area contributed by atoms with Crippen LogP contribution in [0.5, 0.6) is 0 Å². The van der Waals surface area contributed by atoms with Gasteiger partial charge in [-0.3, -0.25) is 0 Å². The van der Waals surface area contributed by atoms with Crippen molar-refractivity contribution < 1.29 is 5.11 Å². The molecular weight excluding hydrogens is 220 g/mol. The van der Waals surface area contributed by atoms with E-state index in [1.54, 1.807) is 11.3 Å². The Kier molecular flexibility index (Phi) is 5.95. The van der Waals surface area contributed by atoms with Crippen molar-refractivity contribution in [1.82, 2.24) is 10.3 Å². The van der Waals surface area contributed by atoms with Gasteiger partial charge in [-0.05, 0) is 18.9 Å². The molecule has 0 aromatic carbocycles. The fraction of sp³-hybridized carbons (Fsp3) is 0.750. The Balaban J connectivity index is 2.26. The molecule has 92 valence electrons. The first-order valence-corrected chi connectivity index (χ1v) is 6.77. The minimum atomic E-state index is 0.275. The molecule has 4 heteroatoms. The molecule has 0 saturated carbocycles. The minimum Gasteiger partial charge on any atom is -0.396 e. The summed E-state index contributed by atoms with van der Waals surface area (Å²) in [7, 11) is 0. The second-order valence-corrected chi connectivity index (χ2v) is 5.47. The third-order valence-corrected chi connectivity index (χ3v) is 3.68. The molecule has 1 atom stereocenters. The Morgan fingerprint density at radius 2 is 2.19 bits per heavy atom. The molecule has 1 unspecified atom stereocenters. The molecule has 0 fully saturated rings. The summed E-state index contributed by atoms with van der Waals surface area (Å²) in [5.74, 6) is 1.04. The Labute approximate surface area is 102 Å². The number of thiazole rings is 1. The normalized spacial score (nSPS) is 13.3. The molecule has 0 bridgehead atoms. The van der Waals surface area contributed by atoms with E-state index in [0.717, 1.165) is 25.2 Å². The molecular formula is C12H22N2OS. The molecule has 0 saturated heterocycles. The molecule has 1 aromatic heterocycles. The van der Waals surface area contributed by atoms with Gasteiger partial charge in [0, 0.05) is 24.4 Å². The first kappa shape index (κ1) is 13.6. The molecule has 1 heterocycles. The van der Waals surface area contributed by atoms with Crippen LogP contribution in [0.4, 0.5) is 0 Å². The van der Waals surface area contributed by atoms with Crippen LogP contribution in [0.1, 0.15) is 43.8 Å². The van der Waals surface area contributed by atoms with Crippen molar-refractivity contribution in [2.45, 2.75) is 39.7 Å². The maximum atomic E-state index is 8.78. The van der Waals surface area contributed by atoms with Gasteiger partial charge in [0.2, 0.25) is 0 Å². The van der Waals surface area contributed by atoms with Gasteiger partial charge < -0.3 is 10.4 Å². The summed E-state index contributed by atoms with van der Waals surface area (Å²) >= 11 is 1.74. The molecule has 1 aromatic rings. The highest BCUT2D eigenvalue weighted by atomic mass is 32.1. The first-order chi connectivity index (χ1) is 7.63. The van der Waals surface area contributed by atoms with Crippen LogP contribution in [-0.4, -0.2) is 23.2 Å². The quantitative estimate of drug-likeness (QED) is 0.771. The van der Waals surface area contributed by atoms with Gasteiger partial charge in [-0.15, -0.1) is 11.3 Å². The van der Waals surface area contributed by atoms with E-state index in [0.29, 0.717) is 11.8 Å². The molecule has 1 rings (SSSR count). The molecule has 0 spiro atoms. The highest BCUT2D eigenvalue weighted by Crippen LogP contribution is 2.18. The maximum Gasteiger partial charge on any atom is 0.0954 e. The van der Waals surface area contributed by atoms with Crippen LogP contribution < -0.4 is 5.32 Å². The Morgan fingerprint density at radius 3 is 2.75 bits per heavy atom. The maximum absolute atomic E-state index is 8.78. The molecule has 0 radical (unpaired) electrons. The number of hydrogen-bond acceptors (Lipinski definition) is 4. The van der Waals surface area contributed by atoms with E-state index in [4.69, 9.17) is 5.11 Å². The summed E-state index contributed by atoms with van der Waals surface area (Å²) in [4.78, 5) is 4.56. The Bertz CT molecular complexity index is 299. The lowest BCUT2D eigenvalue weighted by Crippen LogP contribution is -2.21. The van der Waals surface area contributed by atoms with E-state index in [1.165, 1.54) is 5.01 Å². The predicted molar refractivity (Wildman–Crippen MR) is 68.8 cm³/mol. The fourth-order valence-corrected chi connectivity index (χ4v) is 2.27. The number of nitrogens with one attached hydrogen (secondary N) is 1. The molecule has 0 aliphatic heterocycles. The zero-order chi connectivity index (χ0) is 12.0. The van der Waals surface area contributed by atoms with E-state index in [1.807, 2.05) is 0 Å². The summed E-state index contributed by atoms with van der Waals surface area (Å²) < 4.78 is 0. The van der Waals surface area contributed by atoms with Gasteiger partial charge in [-0.25, -0.2) is 4.98 Å². The number of hydrogen-bond donors (Lipinski definition) is 2. The van der Waals surface area contributed by atoms with E-state index in [9.17, 15) is 0 Å². The lowest BCUT2D eigenvalue weighted by Gasteiger charge is -2.09. The molecule has 3 nitrogen and oxygen atoms in total. The minimum absolute atomic E-state index is 0.275. The first-order valence-electron chi connectivity index (χ1n) is 5.89. The Hall–Kier alpha value is -0.450. The van der Waals surface area contributed by atoms with Crippen molar-refractivity contribution in [2.75, 3.05) is 13.2 Å². The van der Waals surface area contributed by atoms with Crippen LogP contribution in [0.2, 0.25) is 0 Å². The fourth-order valence-electron chi connectivity index (χ4n) is 1.44. The van der Waals surface area contributed by atoms with Crippen molar-refractivity contribution in [3.63, 3.8) is 0 Å². The second-order valence-electron chi connectivity index (χ2n) is 4.58. The van der Waals surface area contributed by atoms with Crippen LogP contribution >= 0.6 is 11.3 Å². The monoisotopic (exact) mass is 242 g/mol. The van der Waals surface area contributed by atoms with Crippen molar-refractivity contribution in [3.05, 3.63) is 16.1 Å².